The summed E-state index contributed by atoms with van der Waals surface area (Å²) in [6, 6.07) is 19.5. The van der Waals surface area contributed by atoms with Crippen LogP contribution >= 0.6 is 0 Å². The van der Waals surface area contributed by atoms with E-state index in [1.54, 1.807) is 36.4 Å². The summed E-state index contributed by atoms with van der Waals surface area (Å²) in [5, 5.41) is 6.00. The minimum absolute atomic E-state index is 0.0805. The van der Waals surface area contributed by atoms with Crippen LogP contribution in [0.3, 0.4) is 0 Å². The normalized spacial score (nSPS) is 23.9. The summed E-state index contributed by atoms with van der Waals surface area (Å²) in [6.45, 7) is 6.76. The first-order chi connectivity index (χ1) is 28.0. The molecule has 8 rings (SSSR count). The van der Waals surface area contributed by atoms with E-state index in [-0.39, 0.29) is 57.9 Å². The minimum Gasteiger partial charge on any atom is -0.453 e. The number of carbonyl (C=O) groups excluding carboxylic acids is 2. The number of halogens is 2. The molecule has 1 saturated carbocycles. The molecule has 4 saturated heterocycles. The van der Waals surface area contributed by atoms with Crippen molar-refractivity contribution < 1.29 is 36.3 Å². The molecule has 1 unspecified atom stereocenters. The fourth-order valence-electron chi connectivity index (χ4n) is 10.2. The zero-order valence-electron chi connectivity index (χ0n) is 33.2. The van der Waals surface area contributed by atoms with Gasteiger partial charge in [0, 0.05) is 48.3 Å². The second-order valence-corrected chi connectivity index (χ2v) is 19.1. The Labute approximate surface area is 340 Å². The summed E-state index contributed by atoms with van der Waals surface area (Å²) >= 11 is 0. The summed E-state index contributed by atoms with van der Waals surface area (Å²) in [4.78, 5) is 31.8. The van der Waals surface area contributed by atoms with Crippen LogP contribution in [-0.4, -0.2) is 121 Å². The van der Waals surface area contributed by atoms with Crippen molar-refractivity contribution in [1.82, 2.24) is 20.4 Å². The molecule has 5 aliphatic rings. The van der Waals surface area contributed by atoms with Crippen molar-refractivity contribution in [3.05, 3.63) is 89.7 Å². The highest BCUT2D eigenvalue weighted by Crippen LogP contribution is 2.51. The highest BCUT2D eigenvalue weighted by atomic mass is 32.2. The number of benzene rings is 3. The Kier molecular flexibility index (Phi) is 11.8. The van der Waals surface area contributed by atoms with Gasteiger partial charge in [-0.3, -0.25) is 9.69 Å². The molecular weight excluding hydrogens is 765 g/mol. The van der Waals surface area contributed by atoms with E-state index < -0.39 is 21.6 Å². The number of hydrogen-bond acceptors (Lipinski definition) is 9. The topological polar surface area (TPSA) is 121 Å². The highest BCUT2D eigenvalue weighted by Gasteiger charge is 2.54. The molecule has 5 fully saturated rings. The van der Waals surface area contributed by atoms with Crippen molar-refractivity contribution in [2.45, 2.75) is 65.4 Å². The number of ether oxygens (including phenoxy) is 2. The summed E-state index contributed by atoms with van der Waals surface area (Å²) in [5.41, 5.74) is 0.340. The number of rotatable bonds is 14. The molecule has 2 amide bonds. The third kappa shape index (κ3) is 8.35. The summed E-state index contributed by atoms with van der Waals surface area (Å²) < 4.78 is 68.4. The number of piperidine rings is 1. The molecule has 2 N–H and O–H groups in total. The number of methoxy groups -OCH3 is 1. The first kappa shape index (κ1) is 40.7. The van der Waals surface area contributed by atoms with Crippen molar-refractivity contribution in [3.63, 3.8) is 0 Å². The molecule has 4 heterocycles. The van der Waals surface area contributed by atoms with Crippen molar-refractivity contribution in [3.8, 4) is 0 Å². The van der Waals surface area contributed by atoms with Gasteiger partial charge >= 0.3 is 6.09 Å². The van der Waals surface area contributed by atoms with Crippen molar-refractivity contribution in [2.75, 3.05) is 84.1 Å². The second kappa shape index (κ2) is 16.9. The number of nitrogens with one attached hydrogen (secondary N) is 2. The quantitative estimate of drug-likeness (QED) is 0.219. The van der Waals surface area contributed by atoms with Crippen LogP contribution in [0.25, 0.3) is 0 Å². The zero-order valence-corrected chi connectivity index (χ0v) is 34.0. The van der Waals surface area contributed by atoms with Crippen LogP contribution in [0.4, 0.5) is 19.3 Å². The molecule has 312 valence electrons. The van der Waals surface area contributed by atoms with E-state index in [1.807, 2.05) is 4.90 Å². The number of alkyl halides is 1. The number of hydrogen-bond donors (Lipinski definition) is 2. The molecule has 14 heteroatoms. The average molecular weight is 820 g/mol. The number of amides is 2. The molecule has 11 nitrogen and oxygen atoms in total. The fourth-order valence-corrected chi connectivity index (χ4v) is 11.4. The lowest BCUT2D eigenvalue weighted by Gasteiger charge is -2.54. The van der Waals surface area contributed by atoms with Gasteiger partial charge in [0.2, 0.25) is 9.84 Å². The Bertz CT molecular complexity index is 2030. The molecular formula is C44H55F2N5O6S. The van der Waals surface area contributed by atoms with Gasteiger partial charge in [-0.05, 0) is 136 Å². The lowest BCUT2D eigenvalue weighted by molar-refractivity contribution is -0.0298. The van der Waals surface area contributed by atoms with Crippen LogP contribution in [0.1, 0.15) is 54.4 Å². The molecule has 4 aliphatic heterocycles. The number of alkyl carbamates (subject to hydrolysis) is 1. The Balaban J connectivity index is 0.893. The van der Waals surface area contributed by atoms with Crippen molar-refractivity contribution in [2.24, 2.45) is 17.8 Å². The van der Waals surface area contributed by atoms with E-state index in [4.69, 9.17) is 9.47 Å². The second-order valence-electron chi connectivity index (χ2n) is 17.2. The predicted molar refractivity (Wildman–Crippen MR) is 216 cm³/mol. The third-order valence-corrected chi connectivity index (χ3v) is 15.2. The van der Waals surface area contributed by atoms with Gasteiger partial charge in [-0.1, -0.05) is 18.6 Å². The van der Waals surface area contributed by atoms with Gasteiger partial charge in [0.05, 0.1) is 43.2 Å². The van der Waals surface area contributed by atoms with Gasteiger partial charge in [-0.15, -0.1) is 0 Å². The molecule has 3 atom stereocenters. The Morgan fingerprint density at radius 1 is 0.897 bits per heavy atom. The molecule has 0 radical (unpaired) electrons. The van der Waals surface area contributed by atoms with E-state index in [0.29, 0.717) is 37.8 Å². The zero-order chi connectivity index (χ0) is 40.5. The van der Waals surface area contributed by atoms with Gasteiger partial charge in [0.25, 0.3) is 5.91 Å². The molecule has 3 aromatic carbocycles. The Morgan fingerprint density at radius 3 is 2.19 bits per heavy atom. The van der Waals surface area contributed by atoms with Gasteiger partial charge in [0.1, 0.15) is 5.82 Å². The number of nitrogens with zero attached hydrogens (tertiary/aromatic N) is 3. The van der Waals surface area contributed by atoms with Crippen LogP contribution in [0.5, 0.6) is 0 Å². The SMILES string of the molecule is COC(=O)N[C@H]1CCC[C@@H]1C(CN1CCC1)(c1cccc(F)c1)C1CCN(CC2(F)CN(c3ccc(S(=O)(=O)c4ccc(C(=O)NCC5COC5)cc4)cc3)C2)CC1. The van der Waals surface area contributed by atoms with Gasteiger partial charge in [-0.25, -0.2) is 22.0 Å². The molecule has 58 heavy (non-hydrogen) atoms. The van der Waals surface area contributed by atoms with E-state index in [9.17, 15) is 18.0 Å². The smallest absolute Gasteiger partial charge is 0.407 e. The highest BCUT2D eigenvalue weighted by molar-refractivity contribution is 7.91. The van der Waals surface area contributed by atoms with Gasteiger partial charge < -0.3 is 29.9 Å². The summed E-state index contributed by atoms with van der Waals surface area (Å²) in [5.74, 6) is 0.119. The van der Waals surface area contributed by atoms with E-state index in [2.05, 4.69) is 26.5 Å². The largest absolute Gasteiger partial charge is 0.453 e. The van der Waals surface area contributed by atoms with Gasteiger partial charge in [-0.2, -0.15) is 0 Å². The fraction of sp³-hybridized carbons (Fsp3) is 0.545. The van der Waals surface area contributed by atoms with Crippen LogP contribution in [0.15, 0.2) is 82.6 Å². The molecule has 3 aromatic rings. The van der Waals surface area contributed by atoms with Crippen LogP contribution in [0, 0.1) is 23.6 Å². The molecule has 0 aromatic heterocycles. The molecule has 1 aliphatic carbocycles. The number of sulfone groups is 1. The lowest BCUT2D eigenvalue weighted by atomic mass is 9.57. The molecule has 0 bridgehead atoms. The number of likely N-dealkylation sites (tertiary alicyclic amines) is 2. The predicted octanol–water partition coefficient (Wildman–Crippen LogP) is 5.44. The van der Waals surface area contributed by atoms with E-state index in [1.165, 1.54) is 37.4 Å². The number of carbonyl (C=O) groups is 2. The first-order valence-corrected chi connectivity index (χ1v) is 22.2. The Hall–Kier alpha value is -4.11. The van der Waals surface area contributed by atoms with E-state index >= 15 is 8.78 Å². The van der Waals surface area contributed by atoms with Crippen molar-refractivity contribution in [1.29, 1.82) is 0 Å². The van der Waals surface area contributed by atoms with Gasteiger partial charge in [0.15, 0.2) is 5.67 Å². The average Bonchev–Trinajstić information content (AvgIpc) is 3.64. The number of anilines is 1. The maximum Gasteiger partial charge on any atom is 0.407 e. The Morgan fingerprint density at radius 2 is 1.59 bits per heavy atom. The maximum absolute atomic E-state index is 16.3. The van der Waals surface area contributed by atoms with Crippen LogP contribution in [0.2, 0.25) is 0 Å². The minimum atomic E-state index is -3.82. The van der Waals surface area contributed by atoms with Crippen LogP contribution in [-0.2, 0) is 24.7 Å². The van der Waals surface area contributed by atoms with Crippen molar-refractivity contribution >= 4 is 27.5 Å². The molecule has 0 spiro atoms. The summed E-state index contributed by atoms with van der Waals surface area (Å²) in [7, 11) is -2.44. The summed E-state index contributed by atoms with van der Waals surface area (Å²) in [6.07, 6.45) is 5.14. The van der Waals surface area contributed by atoms with E-state index in [0.717, 1.165) is 82.5 Å². The lowest BCUT2D eigenvalue weighted by Crippen LogP contribution is -2.65. The monoisotopic (exact) mass is 819 g/mol. The first-order valence-electron chi connectivity index (χ1n) is 20.8. The maximum atomic E-state index is 16.3. The standard InChI is InChI=1S/C44H55F2N5O6S/c1-56-42(53)48-40-8-3-7-39(40)44(30-49-19-4-20-49,34-5-2-6-35(45)23-34)33-17-21-50(22-18-33)27-43(46)28-51(29-43)36-11-15-38(16-12-36)58(54,55)37-13-9-32(10-14-37)41(52)47-24-31-25-57-26-31/h2,5-6,9-16,23,31,33,39-40H,3-4,7-8,17-22,24-30H2,1H3,(H,47,52)(H,48,53)/t39-,40-,44?/m0/s1. The third-order valence-electron chi connectivity index (χ3n) is 13.4. The van der Waals surface area contributed by atoms with Crippen LogP contribution < -0.4 is 15.5 Å².